The molecule has 1 heterocycles. The molecule has 132 valence electrons. The molecule has 25 heavy (non-hydrogen) atoms. The Bertz CT molecular complexity index is 909. The van der Waals surface area contributed by atoms with Crippen molar-refractivity contribution in [3.05, 3.63) is 53.6 Å². The van der Waals surface area contributed by atoms with Crippen LogP contribution in [0.3, 0.4) is 0 Å². The summed E-state index contributed by atoms with van der Waals surface area (Å²) in [7, 11) is -0.497. The van der Waals surface area contributed by atoms with Crippen LogP contribution in [-0.2, 0) is 27.8 Å². The molecule has 1 N–H and O–H groups in total. The van der Waals surface area contributed by atoms with Gasteiger partial charge in [-0.3, -0.25) is 4.79 Å². The normalized spacial score (nSPS) is 14.1. The number of carbonyl (C=O) groups excluding carboxylic acids is 1. The molecule has 6 nitrogen and oxygen atoms in total. The fourth-order valence-corrected chi connectivity index (χ4v) is 4.02. The summed E-state index contributed by atoms with van der Waals surface area (Å²) >= 11 is 0. The Hall–Kier alpha value is -2.38. The van der Waals surface area contributed by atoms with Gasteiger partial charge in [0.05, 0.1) is 12.0 Å². The molecular weight excluding hydrogens is 340 g/mol. The van der Waals surface area contributed by atoms with Crippen molar-refractivity contribution in [3.8, 4) is 5.75 Å². The summed E-state index contributed by atoms with van der Waals surface area (Å²) < 4.78 is 32.2. The van der Waals surface area contributed by atoms with Crippen molar-refractivity contribution in [2.24, 2.45) is 0 Å². The highest BCUT2D eigenvalue weighted by Gasteiger charge is 2.24. The van der Waals surface area contributed by atoms with Crippen LogP contribution in [0.5, 0.6) is 5.75 Å². The van der Waals surface area contributed by atoms with E-state index in [4.69, 9.17) is 4.74 Å². The second-order valence-electron chi connectivity index (χ2n) is 5.98. The predicted molar refractivity (Wildman–Crippen MR) is 95.0 cm³/mol. The standard InChI is InChI=1S/C18H20N2O4S/c1-20(12-13-4-3-5-15(10-13)24-2)25(22,23)16-7-8-17-14(11-16)6-9-18(21)19-17/h3-5,7-8,10-11H,6,9,12H2,1-2H3,(H,19,21). The molecule has 0 bridgehead atoms. The summed E-state index contributed by atoms with van der Waals surface area (Å²) in [6.07, 6.45) is 0.917. The maximum absolute atomic E-state index is 12.8. The Morgan fingerprint density at radius 1 is 1.16 bits per heavy atom. The van der Waals surface area contributed by atoms with Crippen molar-refractivity contribution in [2.75, 3.05) is 19.5 Å². The van der Waals surface area contributed by atoms with Crippen LogP contribution in [0.1, 0.15) is 17.5 Å². The minimum absolute atomic E-state index is 0.0433. The molecule has 0 radical (unpaired) electrons. The van der Waals surface area contributed by atoms with Crippen LogP contribution < -0.4 is 10.1 Å². The Morgan fingerprint density at radius 3 is 2.72 bits per heavy atom. The quantitative estimate of drug-likeness (QED) is 0.888. The van der Waals surface area contributed by atoms with Gasteiger partial charge in [-0.1, -0.05) is 12.1 Å². The third-order valence-electron chi connectivity index (χ3n) is 4.22. The summed E-state index contributed by atoms with van der Waals surface area (Å²) in [5.74, 6) is 0.645. The van der Waals surface area contributed by atoms with Gasteiger partial charge in [-0.15, -0.1) is 0 Å². The van der Waals surface area contributed by atoms with Gasteiger partial charge >= 0.3 is 0 Å². The molecule has 7 heteroatoms. The van der Waals surface area contributed by atoms with Crippen molar-refractivity contribution in [2.45, 2.75) is 24.3 Å². The first-order chi connectivity index (χ1) is 11.9. The number of nitrogens with zero attached hydrogens (tertiary/aromatic N) is 1. The number of hydrogen-bond acceptors (Lipinski definition) is 4. The van der Waals surface area contributed by atoms with E-state index in [0.717, 1.165) is 11.1 Å². The summed E-state index contributed by atoms with van der Waals surface area (Å²) in [5.41, 5.74) is 2.37. The van der Waals surface area contributed by atoms with Gasteiger partial charge in [-0.2, -0.15) is 4.31 Å². The first-order valence-corrected chi connectivity index (χ1v) is 9.36. The van der Waals surface area contributed by atoms with E-state index in [1.165, 1.54) is 10.4 Å². The molecule has 0 unspecified atom stereocenters. The van der Waals surface area contributed by atoms with Gasteiger partial charge in [-0.05, 0) is 47.9 Å². The number of sulfonamides is 1. The third-order valence-corrected chi connectivity index (χ3v) is 6.02. The second-order valence-corrected chi connectivity index (χ2v) is 8.02. The summed E-state index contributed by atoms with van der Waals surface area (Å²) in [6.45, 7) is 0.243. The van der Waals surface area contributed by atoms with Crippen LogP contribution >= 0.6 is 0 Å². The number of rotatable bonds is 5. The van der Waals surface area contributed by atoms with E-state index in [1.807, 2.05) is 24.3 Å². The van der Waals surface area contributed by atoms with Crippen LogP contribution in [0.2, 0.25) is 0 Å². The number of amides is 1. The summed E-state index contributed by atoms with van der Waals surface area (Å²) in [5, 5.41) is 2.76. The maximum atomic E-state index is 12.8. The van der Waals surface area contributed by atoms with E-state index in [9.17, 15) is 13.2 Å². The van der Waals surface area contributed by atoms with Gasteiger partial charge in [-0.25, -0.2) is 8.42 Å². The molecule has 1 amide bonds. The molecule has 0 saturated heterocycles. The van der Waals surface area contributed by atoms with Gasteiger partial charge in [0.2, 0.25) is 15.9 Å². The highest BCUT2D eigenvalue weighted by Crippen LogP contribution is 2.27. The highest BCUT2D eigenvalue weighted by molar-refractivity contribution is 7.89. The Balaban J connectivity index is 1.84. The number of ether oxygens (including phenoxy) is 1. The summed E-state index contributed by atoms with van der Waals surface area (Å²) in [4.78, 5) is 11.7. The average molecular weight is 360 g/mol. The third kappa shape index (κ3) is 3.67. The molecule has 0 atom stereocenters. The predicted octanol–water partition coefficient (Wildman–Crippen LogP) is 2.40. The zero-order valence-electron chi connectivity index (χ0n) is 14.2. The number of benzene rings is 2. The SMILES string of the molecule is COc1cccc(CN(C)S(=O)(=O)c2ccc3c(c2)CCC(=O)N3)c1. The topological polar surface area (TPSA) is 75.7 Å². The molecule has 0 spiro atoms. The summed E-state index contributed by atoms with van der Waals surface area (Å²) in [6, 6.07) is 12.1. The molecule has 0 aromatic heterocycles. The second kappa shape index (κ2) is 6.85. The van der Waals surface area contributed by atoms with Gasteiger partial charge in [0.15, 0.2) is 0 Å². The largest absolute Gasteiger partial charge is 0.497 e. The van der Waals surface area contributed by atoms with Crippen LogP contribution in [-0.4, -0.2) is 32.8 Å². The Morgan fingerprint density at radius 2 is 1.96 bits per heavy atom. The van der Waals surface area contributed by atoms with E-state index in [1.54, 1.807) is 26.3 Å². The number of carbonyl (C=O) groups is 1. The van der Waals surface area contributed by atoms with E-state index in [-0.39, 0.29) is 17.3 Å². The molecule has 1 aliphatic heterocycles. The number of hydrogen-bond donors (Lipinski definition) is 1. The molecule has 2 aromatic carbocycles. The van der Waals surface area contributed by atoms with Gasteiger partial charge < -0.3 is 10.1 Å². The highest BCUT2D eigenvalue weighted by atomic mass is 32.2. The van der Waals surface area contributed by atoms with Crippen molar-refractivity contribution in [1.82, 2.24) is 4.31 Å². The van der Waals surface area contributed by atoms with Crippen molar-refractivity contribution < 1.29 is 17.9 Å². The lowest BCUT2D eigenvalue weighted by molar-refractivity contribution is -0.116. The first kappa shape index (κ1) is 17.4. The molecule has 0 aliphatic carbocycles. The monoisotopic (exact) mass is 360 g/mol. The van der Waals surface area contributed by atoms with Crippen molar-refractivity contribution >= 4 is 21.6 Å². The fourth-order valence-electron chi connectivity index (χ4n) is 2.81. The van der Waals surface area contributed by atoms with Crippen LogP contribution in [0.25, 0.3) is 0 Å². The molecular formula is C18H20N2O4S. The average Bonchev–Trinajstić information content (AvgIpc) is 2.61. The zero-order chi connectivity index (χ0) is 18.0. The lowest BCUT2D eigenvalue weighted by Crippen LogP contribution is -2.27. The minimum atomic E-state index is -3.62. The number of aryl methyl sites for hydroxylation is 1. The van der Waals surface area contributed by atoms with Gasteiger partial charge in [0.1, 0.15) is 5.75 Å². The van der Waals surface area contributed by atoms with Gasteiger partial charge in [0.25, 0.3) is 0 Å². The molecule has 0 fully saturated rings. The maximum Gasteiger partial charge on any atom is 0.243 e. The van der Waals surface area contributed by atoms with E-state index < -0.39 is 10.0 Å². The molecule has 1 aliphatic rings. The lowest BCUT2D eigenvalue weighted by Gasteiger charge is -2.21. The van der Waals surface area contributed by atoms with Crippen LogP contribution in [0.4, 0.5) is 5.69 Å². The fraction of sp³-hybridized carbons (Fsp3) is 0.278. The van der Waals surface area contributed by atoms with E-state index in [2.05, 4.69) is 5.32 Å². The zero-order valence-corrected chi connectivity index (χ0v) is 15.0. The number of methoxy groups -OCH3 is 1. The smallest absolute Gasteiger partial charge is 0.243 e. The van der Waals surface area contributed by atoms with Crippen molar-refractivity contribution in [3.63, 3.8) is 0 Å². The number of anilines is 1. The van der Waals surface area contributed by atoms with Crippen LogP contribution in [0, 0.1) is 0 Å². The minimum Gasteiger partial charge on any atom is -0.497 e. The first-order valence-electron chi connectivity index (χ1n) is 7.92. The van der Waals surface area contributed by atoms with E-state index >= 15 is 0 Å². The molecule has 2 aromatic rings. The molecule has 3 rings (SSSR count). The lowest BCUT2D eigenvalue weighted by atomic mass is 10.0. The number of nitrogens with one attached hydrogen (secondary N) is 1. The Labute approximate surface area is 147 Å². The van der Waals surface area contributed by atoms with Gasteiger partial charge in [0, 0.05) is 25.7 Å². The van der Waals surface area contributed by atoms with Crippen LogP contribution in [0.15, 0.2) is 47.4 Å². The Kier molecular flexibility index (Phi) is 4.78. The van der Waals surface area contributed by atoms with E-state index in [0.29, 0.717) is 24.3 Å². The van der Waals surface area contributed by atoms with Crippen molar-refractivity contribution in [1.29, 1.82) is 0 Å². The number of fused-ring (bicyclic) bond motifs is 1. The molecule has 0 saturated carbocycles.